The van der Waals surface area contributed by atoms with Gasteiger partial charge in [0.25, 0.3) is 0 Å². The molecular weight excluding hydrogens is 228 g/mol. The molecule has 1 aromatic carbocycles. The molecular formula is C14H22N2O2. The van der Waals surface area contributed by atoms with Crippen LogP contribution in [-0.4, -0.2) is 37.3 Å². The summed E-state index contributed by atoms with van der Waals surface area (Å²) >= 11 is 0. The van der Waals surface area contributed by atoms with Gasteiger partial charge in [-0.15, -0.1) is 0 Å². The van der Waals surface area contributed by atoms with Crippen LogP contribution in [0.3, 0.4) is 0 Å². The van der Waals surface area contributed by atoms with Crippen LogP contribution in [0.15, 0.2) is 30.3 Å². The van der Waals surface area contributed by atoms with Crippen molar-refractivity contribution >= 4 is 11.7 Å². The van der Waals surface area contributed by atoms with Gasteiger partial charge in [-0.05, 0) is 18.6 Å². The molecule has 0 saturated heterocycles. The summed E-state index contributed by atoms with van der Waals surface area (Å²) in [5.74, 6) is -0.765. The Morgan fingerprint density at radius 2 is 2.06 bits per heavy atom. The Morgan fingerprint density at radius 1 is 1.39 bits per heavy atom. The third-order valence-electron chi connectivity index (χ3n) is 2.91. The van der Waals surface area contributed by atoms with Crippen molar-refractivity contribution in [1.82, 2.24) is 5.32 Å². The Kier molecular flexibility index (Phi) is 6.22. The van der Waals surface area contributed by atoms with Crippen molar-refractivity contribution in [3.05, 3.63) is 30.3 Å². The number of rotatable bonds is 8. The zero-order chi connectivity index (χ0) is 13.4. The molecule has 1 rings (SSSR count). The van der Waals surface area contributed by atoms with Crippen molar-refractivity contribution in [1.29, 1.82) is 0 Å². The van der Waals surface area contributed by atoms with E-state index < -0.39 is 12.0 Å². The van der Waals surface area contributed by atoms with E-state index in [-0.39, 0.29) is 0 Å². The minimum atomic E-state index is -0.765. The number of hydrogen-bond donors (Lipinski definition) is 2. The van der Waals surface area contributed by atoms with E-state index >= 15 is 0 Å². The summed E-state index contributed by atoms with van der Waals surface area (Å²) in [6, 6.07) is 9.63. The van der Waals surface area contributed by atoms with E-state index in [2.05, 4.69) is 10.2 Å². The van der Waals surface area contributed by atoms with Gasteiger partial charge in [0.2, 0.25) is 0 Å². The summed E-state index contributed by atoms with van der Waals surface area (Å²) in [6.45, 7) is 3.45. The number of nitrogens with zero attached hydrogens (tertiary/aromatic N) is 1. The molecule has 0 heterocycles. The van der Waals surface area contributed by atoms with Gasteiger partial charge < -0.3 is 15.3 Å². The molecule has 1 aromatic rings. The molecule has 0 radical (unpaired) electrons. The number of hydrogen-bond acceptors (Lipinski definition) is 3. The van der Waals surface area contributed by atoms with Gasteiger partial charge >= 0.3 is 5.97 Å². The molecule has 0 aliphatic rings. The zero-order valence-corrected chi connectivity index (χ0v) is 11.1. The second-order valence-electron chi connectivity index (χ2n) is 4.39. The predicted octanol–water partition coefficient (Wildman–Crippen LogP) is 1.97. The van der Waals surface area contributed by atoms with Crippen molar-refractivity contribution in [3.63, 3.8) is 0 Å². The lowest BCUT2D eigenvalue weighted by atomic mass is 10.2. The highest BCUT2D eigenvalue weighted by Crippen LogP contribution is 2.09. The van der Waals surface area contributed by atoms with Gasteiger partial charge in [0, 0.05) is 25.8 Å². The van der Waals surface area contributed by atoms with E-state index in [1.54, 1.807) is 0 Å². The highest BCUT2D eigenvalue weighted by molar-refractivity contribution is 5.73. The number of carboxylic acids is 1. The summed E-state index contributed by atoms with van der Waals surface area (Å²) in [4.78, 5) is 13.1. The van der Waals surface area contributed by atoms with Gasteiger partial charge in [-0.25, -0.2) is 0 Å². The van der Waals surface area contributed by atoms with Crippen LogP contribution in [0.2, 0.25) is 0 Å². The number of carbonyl (C=O) groups is 1. The summed E-state index contributed by atoms with van der Waals surface area (Å²) in [5.41, 5.74) is 1.14. The molecule has 4 heteroatoms. The second-order valence-corrected chi connectivity index (χ2v) is 4.39. The Morgan fingerprint density at radius 3 is 2.61 bits per heavy atom. The summed E-state index contributed by atoms with van der Waals surface area (Å²) in [6.07, 6.45) is 1.54. The van der Waals surface area contributed by atoms with E-state index in [1.165, 1.54) is 0 Å². The maximum atomic E-state index is 11.0. The van der Waals surface area contributed by atoms with Crippen LogP contribution in [0.5, 0.6) is 0 Å². The number of anilines is 1. The second kappa shape index (κ2) is 7.71. The molecule has 0 fully saturated rings. The van der Waals surface area contributed by atoms with Gasteiger partial charge in [-0.1, -0.05) is 31.5 Å². The molecule has 4 nitrogen and oxygen atoms in total. The number of aliphatic carboxylic acids is 1. The molecule has 0 bridgehead atoms. The molecule has 0 spiro atoms. The van der Waals surface area contributed by atoms with E-state index in [9.17, 15) is 4.79 Å². The molecule has 0 amide bonds. The van der Waals surface area contributed by atoms with Crippen LogP contribution in [0, 0.1) is 0 Å². The topological polar surface area (TPSA) is 52.6 Å². The molecule has 1 unspecified atom stereocenters. The van der Waals surface area contributed by atoms with Crippen molar-refractivity contribution in [2.45, 2.75) is 25.8 Å². The molecule has 0 aromatic heterocycles. The minimum absolute atomic E-state index is 0.431. The van der Waals surface area contributed by atoms with E-state index in [4.69, 9.17) is 5.11 Å². The standard InChI is InChI=1S/C14H22N2O2/c1-3-7-13(14(17)18)15-10-11-16(2)12-8-5-4-6-9-12/h4-6,8-9,13,15H,3,7,10-11H2,1-2H3,(H,17,18). The van der Waals surface area contributed by atoms with Gasteiger partial charge in [0.05, 0.1) is 0 Å². The smallest absolute Gasteiger partial charge is 0.320 e. The van der Waals surface area contributed by atoms with Crippen LogP contribution in [0.25, 0.3) is 0 Å². The van der Waals surface area contributed by atoms with Crippen LogP contribution >= 0.6 is 0 Å². The van der Waals surface area contributed by atoms with Crippen molar-refractivity contribution < 1.29 is 9.90 Å². The third kappa shape index (κ3) is 4.75. The summed E-state index contributed by atoms with van der Waals surface area (Å²) < 4.78 is 0. The van der Waals surface area contributed by atoms with Gasteiger partial charge in [-0.2, -0.15) is 0 Å². The molecule has 0 aliphatic heterocycles. The van der Waals surface area contributed by atoms with Crippen molar-refractivity contribution in [3.8, 4) is 0 Å². The number of likely N-dealkylation sites (N-methyl/N-ethyl adjacent to an activating group) is 1. The molecule has 0 aliphatic carbocycles. The number of para-hydroxylation sites is 1. The molecule has 18 heavy (non-hydrogen) atoms. The first-order chi connectivity index (χ1) is 8.65. The van der Waals surface area contributed by atoms with E-state index in [1.807, 2.05) is 44.3 Å². The highest BCUT2D eigenvalue weighted by Gasteiger charge is 2.14. The fraction of sp³-hybridized carbons (Fsp3) is 0.500. The number of carboxylic acid groups (broad SMARTS) is 1. The molecule has 1 atom stereocenters. The Bertz CT molecular complexity index is 354. The van der Waals surface area contributed by atoms with Crippen molar-refractivity contribution in [2.24, 2.45) is 0 Å². The lowest BCUT2D eigenvalue weighted by Gasteiger charge is -2.21. The fourth-order valence-electron chi connectivity index (χ4n) is 1.82. The average molecular weight is 250 g/mol. The maximum absolute atomic E-state index is 11.0. The Balaban J connectivity index is 2.34. The summed E-state index contributed by atoms with van der Waals surface area (Å²) in [5, 5.41) is 12.1. The van der Waals surface area contributed by atoms with Gasteiger partial charge in [0.1, 0.15) is 6.04 Å². The van der Waals surface area contributed by atoms with Crippen LogP contribution < -0.4 is 10.2 Å². The maximum Gasteiger partial charge on any atom is 0.320 e. The van der Waals surface area contributed by atoms with Gasteiger partial charge in [-0.3, -0.25) is 4.79 Å². The first-order valence-corrected chi connectivity index (χ1v) is 6.37. The first-order valence-electron chi connectivity index (χ1n) is 6.37. The SMILES string of the molecule is CCCC(NCCN(C)c1ccccc1)C(=O)O. The number of benzene rings is 1. The predicted molar refractivity (Wildman–Crippen MR) is 74.0 cm³/mol. The molecule has 2 N–H and O–H groups in total. The first kappa shape index (κ1) is 14.5. The minimum Gasteiger partial charge on any atom is -0.480 e. The van der Waals surface area contributed by atoms with Gasteiger partial charge in [0.15, 0.2) is 0 Å². The van der Waals surface area contributed by atoms with E-state index in [0.717, 1.165) is 18.7 Å². The quantitative estimate of drug-likeness (QED) is 0.740. The average Bonchev–Trinajstić information content (AvgIpc) is 2.38. The molecule has 100 valence electrons. The Labute approximate surface area is 109 Å². The lowest BCUT2D eigenvalue weighted by Crippen LogP contribution is -2.40. The third-order valence-corrected chi connectivity index (χ3v) is 2.91. The lowest BCUT2D eigenvalue weighted by molar-refractivity contribution is -0.139. The zero-order valence-electron chi connectivity index (χ0n) is 11.1. The van der Waals surface area contributed by atoms with Crippen LogP contribution in [0.4, 0.5) is 5.69 Å². The number of nitrogens with one attached hydrogen (secondary N) is 1. The van der Waals surface area contributed by atoms with Crippen LogP contribution in [0.1, 0.15) is 19.8 Å². The van der Waals surface area contributed by atoms with Crippen molar-refractivity contribution in [2.75, 3.05) is 25.0 Å². The van der Waals surface area contributed by atoms with Crippen LogP contribution in [-0.2, 0) is 4.79 Å². The molecule has 0 saturated carbocycles. The summed E-state index contributed by atoms with van der Waals surface area (Å²) in [7, 11) is 2.01. The van der Waals surface area contributed by atoms with E-state index in [0.29, 0.717) is 13.0 Å². The highest BCUT2D eigenvalue weighted by atomic mass is 16.4. The fourth-order valence-corrected chi connectivity index (χ4v) is 1.82. The normalized spacial score (nSPS) is 12.1. The largest absolute Gasteiger partial charge is 0.480 e. The monoisotopic (exact) mass is 250 g/mol. The Hall–Kier alpha value is -1.55.